The number of amides is 1. The van der Waals surface area contributed by atoms with Gasteiger partial charge in [-0.1, -0.05) is 11.6 Å². The van der Waals surface area contributed by atoms with Crippen LogP contribution in [0.3, 0.4) is 0 Å². The Morgan fingerprint density at radius 2 is 2.21 bits per heavy atom. The van der Waals surface area contributed by atoms with Gasteiger partial charge in [-0.05, 0) is 6.07 Å². The molecule has 7 heteroatoms. The van der Waals surface area contributed by atoms with Gasteiger partial charge in [-0.3, -0.25) is 20.3 Å². The summed E-state index contributed by atoms with van der Waals surface area (Å²) in [5.41, 5.74) is 6.07. The summed E-state index contributed by atoms with van der Waals surface area (Å²) in [6, 6.07) is 2.42. The SMILES string of the molecule is O=C1[N]Nc2cc(Cl)c([N+](=O)[O-])cc21. The molecule has 0 spiro atoms. The summed E-state index contributed by atoms with van der Waals surface area (Å²) in [6.45, 7) is 0. The highest BCUT2D eigenvalue weighted by atomic mass is 35.5. The van der Waals surface area contributed by atoms with Crippen LogP contribution < -0.4 is 10.9 Å². The molecule has 1 aromatic carbocycles. The van der Waals surface area contributed by atoms with Gasteiger partial charge in [0, 0.05) is 6.07 Å². The predicted molar refractivity (Wildman–Crippen MR) is 48.2 cm³/mol. The Morgan fingerprint density at radius 1 is 1.50 bits per heavy atom. The van der Waals surface area contributed by atoms with Crippen molar-refractivity contribution < 1.29 is 9.72 Å². The molecule has 14 heavy (non-hydrogen) atoms. The van der Waals surface area contributed by atoms with Gasteiger partial charge >= 0.3 is 0 Å². The van der Waals surface area contributed by atoms with Crippen LogP contribution in [0.15, 0.2) is 12.1 Å². The second-order valence-electron chi connectivity index (χ2n) is 2.64. The van der Waals surface area contributed by atoms with Crippen molar-refractivity contribution in [3.8, 4) is 0 Å². The lowest BCUT2D eigenvalue weighted by molar-refractivity contribution is -0.384. The van der Waals surface area contributed by atoms with E-state index in [2.05, 4.69) is 10.9 Å². The van der Waals surface area contributed by atoms with E-state index in [1.165, 1.54) is 6.07 Å². The highest BCUT2D eigenvalue weighted by Crippen LogP contribution is 2.32. The monoisotopic (exact) mass is 212 g/mol. The van der Waals surface area contributed by atoms with Gasteiger partial charge in [0.15, 0.2) is 0 Å². The lowest BCUT2D eigenvalue weighted by atomic mass is 10.1. The lowest BCUT2D eigenvalue weighted by Crippen LogP contribution is -2.10. The minimum atomic E-state index is -0.645. The molecule has 0 fully saturated rings. The van der Waals surface area contributed by atoms with Crippen LogP contribution in [-0.2, 0) is 0 Å². The third-order valence-corrected chi connectivity index (χ3v) is 2.09. The highest BCUT2D eigenvalue weighted by Gasteiger charge is 2.26. The number of nitro groups is 1. The molecule has 1 aliphatic heterocycles. The van der Waals surface area contributed by atoms with E-state index in [-0.39, 0.29) is 16.3 Å². The Morgan fingerprint density at radius 3 is 2.86 bits per heavy atom. The van der Waals surface area contributed by atoms with Crippen LogP contribution >= 0.6 is 11.6 Å². The minimum absolute atomic E-state index is 0.0221. The summed E-state index contributed by atoms with van der Waals surface area (Å²) in [6.07, 6.45) is 0. The van der Waals surface area contributed by atoms with Crippen molar-refractivity contribution in [2.75, 3.05) is 5.43 Å². The van der Waals surface area contributed by atoms with Crippen LogP contribution in [0.2, 0.25) is 5.02 Å². The average Bonchev–Trinajstić information content (AvgIpc) is 2.46. The van der Waals surface area contributed by atoms with Crippen molar-refractivity contribution >= 4 is 28.9 Å². The third kappa shape index (κ3) is 1.16. The zero-order valence-electron chi connectivity index (χ0n) is 6.65. The van der Waals surface area contributed by atoms with Gasteiger partial charge in [-0.15, -0.1) is 5.43 Å². The summed E-state index contributed by atoms with van der Waals surface area (Å²) >= 11 is 5.62. The first-order valence-corrected chi connectivity index (χ1v) is 3.96. The number of halogens is 1. The van der Waals surface area contributed by atoms with E-state index in [9.17, 15) is 14.9 Å². The van der Waals surface area contributed by atoms with Crippen molar-refractivity contribution in [2.45, 2.75) is 0 Å². The van der Waals surface area contributed by atoms with Gasteiger partial charge in [-0.2, -0.15) is 0 Å². The van der Waals surface area contributed by atoms with Crippen molar-refractivity contribution in [1.82, 2.24) is 5.43 Å². The van der Waals surface area contributed by atoms with E-state index < -0.39 is 10.8 Å². The molecule has 0 atom stereocenters. The normalized spacial score (nSPS) is 13.1. The summed E-state index contributed by atoms with van der Waals surface area (Å²) < 4.78 is 0. The fraction of sp³-hybridized carbons (Fsp3) is 0. The second kappa shape index (κ2) is 2.85. The maximum atomic E-state index is 11.1. The zero-order chi connectivity index (χ0) is 10.3. The van der Waals surface area contributed by atoms with Crippen molar-refractivity contribution in [3.05, 3.63) is 32.8 Å². The summed E-state index contributed by atoms with van der Waals surface area (Å²) in [5, 5.41) is 10.5. The number of anilines is 1. The first-order valence-electron chi connectivity index (χ1n) is 3.58. The number of nitrogens with one attached hydrogen (secondary N) is 1. The smallest absolute Gasteiger partial charge is 0.274 e. The van der Waals surface area contributed by atoms with Crippen LogP contribution in [0.5, 0.6) is 0 Å². The molecule has 1 heterocycles. The molecule has 0 saturated heterocycles. The molecule has 1 aromatic rings. The van der Waals surface area contributed by atoms with Crippen molar-refractivity contribution in [3.63, 3.8) is 0 Å². The summed E-state index contributed by atoms with van der Waals surface area (Å²) in [7, 11) is 0. The van der Waals surface area contributed by atoms with Crippen LogP contribution in [0.25, 0.3) is 0 Å². The third-order valence-electron chi connectivity index (χ3n) is 1.79. The number of hydrogen-bond acceptors (Lipinski definition) is 4. The largest absolute Gasteiger partial charge is 0.295 e. The number of benzene rings is 1. The Hall–Kier alpha value is -1.82. The number of nitrogens with zero attached hydrogens (tertiary/aromatic N) is 2. The molecule has 1 amide bonds. The number of nitro benzene ring substituents is 1. The van der Waals surface area contributed by atoms with Crippen molar-refractivity contribution in [1.29, 1.82) is 0 Å². The van der Waals surface area contributed by atoms with E-state index in [4.69, 9.17) is 11.6 Å². The number of fused-ring (bicyclic) bond motifs is 1. The molecule has 0 aromatic heterocycles. The fourth-order valence-electron chi connectivity index (χ4n) is 1.14. The zero-order valence-corrected chi connectivity index (χ0v) is 7.41. The Bertz CT molecular complexity index is 445. The standard InChI is InChI=1S/C7H3ClN3O3/c8-4-2-5-3(7(12)10-9-5)1-6(4)11(13)14/h1-2,9H. The first-order chi connectivity index (χ1) is 6.59. The molecule has 0 bridgehead atoms. The lowest BCUT2D eigenvalue weighted by Gasteiger charge is -1.97. The topological polar surface area (TPSA) is 86.3 Å². The summed E-state index contributed by atoms with van der Waals surface area (Å²) in [5.74, 6) is -0.528. The number of carbonyl (C=O) groups is 1. The first kappa shape index (κ1) is 8.76. The van der Waals surface area contributed by atoms with E-state index in [0.29, 0.717) is 5.69 Å². The van der Waals surface area contributed by atoms with Gasteiger partial charge in [0.2, 0.25) is 0 Å². The van der Waals surface area contributed by atoms with Gasteiger partial charge in [0.25, 0.3) is 11.6 Å². The average molecular weight is 213 g/mol. The molecule has 0 aliphatic carbocycles. The van der Waals surface area contributed by atoms with Crippen molar-refractivity contribution in [2.24, 2.45) is 0 Å². The van der Waals surface area contributed by atoms with Crippen LogP contribution in [0.4, 0.5) is 11.4 Å². The van der Waals surface area contributed by atoms with Crippen LogP contribution in [-0.4, -0.2) is 10.8 Å². The van der Waals surface area contributed by atoms with E-state index in [1.807, 2.05) is 0 Å². The molecular formula is C7H3ClN3O3. The van der Waals surface area contributed by atoms with E-state index in [1.54, 1.807) is 0 Å². The molecule has 6 nitrogen and oxygen atoms in total. The maximum absolute atomic E-state index is 11.1. The maximum Gasteiger partial charge on any atom is 0.295 e. The second-order valence-corrected chi connectivity index (χ2v) is 3.04. The molecular weight excluding hydrogens is 210 g/mol. The minimum Gasteiger partial charge on any atom is -0.274 e. The highest BCUT2D eigenvalue weighted by molar-refractivity contribution is 6.33. The van der Waals surface area contributed by atoms with Crippen LogP contribution in [0.1, 0.15) is 10.4 Å². The van der Waals surface area contributed by atoms with Gasteiger partial charge in [0.1, 0.15) is 5.02 Å². The molecule has 71 valence electrons. The number of rotatable bonds is 1. The van der Waals surface area contributed by atoms with Crippen LogP contribution in [0, 0.1) is 10.1 Å². The molecule has 0 saturated carbocycles. The van der Waals surface area contributed by atoms with Gasteiger partial charge in [0.05, 0.1) is 16.2 Å². The Kier molecular flexibility index (Phi) is 1.78. The molecule has 1 aliphatic rings. The quantitative estimate of drug-likeness (QED) is 0.562. The molecule has 2 rings (SSSR count). The molecule has 1 radical (unpaired) electrons. The van der Waals surface area contributed by atoms with E-state index in [0.717, 1.165) is 6.07 Å². The number of carbonyl (C=O) groups excluding carboxylic acids is 1. The Balaban J connectivity index is 2.62. The van der Waals surface area contributed by atoms with Gasteiger partial charge < -0.3 is 0 Å². The predicted octanol–water partition coefficient (Wildman–Crippen LogP) is 1.33. The molecule has 0 unspecified atom stereocenters. The Labute approximate surface area is 83.0 Å². The number of hydrogen-bond donors (Lipinski definition) is 1. The molecule has 1 N–H and O–H groups in total. The van der Waals surface area contributed by atoms with Gasteiger partial charge in [-0.25, -0.2) is 0 Å². The fourth-order valence-corrected chi connectivity index (χ4v) is 1.38. The summed E-state index contributed by atoms with van der Waals surface area (Å²) in [4.78, 5) is 20.9. The van der Waals surface area contributed by atoms with E-state index >= 15 is 0 Å².